The van der Waals surface area contributed by atoms with E-state index in [4.69, 9.17) is 23.9 Å². The largest absolute Gasteiger partial charge is 0.493 e. The molecule has 0 saturated carbocycles. The SMILES string of the molecule is CCNC(=NCc1cccc(OC)c1OC)N1CCC(OCC2CCCCO2)CC1. The van der Waals surface area contributed by atoms with Gasteiger partial charge in [-0.2, -0.15) is 0 Å². The van der Waals surface area contributed by atoms with E-state index >= 15 is 0 Å². The highest BCUT2D eigenvalue weighted by Crippen LogP contribution is 2.31. The van der Waals surface area contributed by atoms with Crippen LogP contribution < -0.4 is 14.8 Å². The van der Waals surface area contributed by atoms with Gasteiger partial charge in [0.15, 0.2) is 17.5 Å². The van der Waals surface area contributed by atoms with Crippen molar-refractivity contribution >= 4 is 5.96 Å². The van der Waals surface area contributed by atoms with Crippen LogP contribution in [0.4, 0.5) is 0 Å². The second kappa shape index (κ2) is 12.0. The van der Waals surface area contributed by atoms with E-state index < -0.39 is 0 Å². The molecule has 2 aliphatic rings. The summed E-state index contributed by atoms with van der Waals surface area (Å²) in [5.41, 5.74) is 1.01. The molecular weight excluding hydrogens is 382 g/mol. The maximum atomic E-state index is 6.15. The Balaban J connectivity index is 1.54. The number of para-hydroxylation sites is 1. The third kappa shape index (κ3) is 6.25. The molecule has 0 aliphatic carbocycles. The zero-order valence-corrected chi connectivity index (χ0v) is 18.7. The molecule has 0 bridgehead atoms. The number of methoxy groups -OCH3 is 2. The van der Waals surface area contributed by atoms with E-state index in [-0.39, 0.29) is 6.10 Å². The average molecular weight is 420 g/mol. The van der Waals surface area contributed by atoms with Crippen molar-refractivity contribution in [3.63, 3.8) is 0 Å². The zero-order valence-electron chi connectivity index (χ0n) is 18.7. The van der Waals surface area contributed by atoms with Gasteiger partial charge in [0.1, 0.15) is 0 Å². The fourth-order valence-corrected chi connectivity index (χ4v) is 4.08. The van der Waals surface area contributed by atoms with Crippen LogP contribution in [0.5, 0.6) is 11.5 Å². The van der Waals surface area contributed by atoms with E-state index in [9.17, 15) is 0 Å². The molecule has 2 fully saturated rings. The van der Waals surface area contributed by atoms with Crippen LogP contribution in [0.15, 0.2) is 23.2 Å². The Kier molecular flexibility index (Phi) is 9.08. The molecule has 1 N–H and O–H groups in total. The van der Waals surface area contributed by atoms with Crippen LogP contribution in [0, 0.1) is 0 Å². The molecule has 30 heavy (non-hydrogen) atoms. The highest BCUT2D eigenvalue weighted by molar-refractivity contribution is 5.80. The quantitative estimate of drug-likeness (QED) is 0.516. The van der Waals surface area contributed by atoms with Crippen molar-refractivity contribution in [3.8, 4) is 11.5 Å². The normalized spacial score (nSPS) is 20.8. The number of benzene rings is 1. The molecule has 3 rings (SSSR count). The Hall–Kier alpha value is -1.99. The van der Waals surface area contributed by atoms with Crippen LogP contribution in [-0.4, -0.2) is 70.1 Å². The summed E-state index contributed by atoms with van der Waals surface area (Å²) in [7, 11) is 3.32. The Labute approximate surface area is 180 Å². The van der Waals surface area contributed by atoms with Crippen molar-refractivity contribution in [1.82, 2.24) is 10.2 Å². The minimum atomic E-state index is 0.286. The summed E-state index contributed by atoms with van der Waals surface area (Å²) in [4.78, 5) is 7.20. The maximum absolute atomic E-state index is 6.15. The number of nitrogens with one attached hydrogen (secondary N) is 1. The summed E-state index contributed by atoms with van der Waals surface area (Å²) in [6.45, 7) is 6.97. The van der Waals surface area contributed by atoms with E-state index in [0.717, 1.165) is 75.1 Å². The lowest BCUT2D eigenvalue weighted by atomic mass is 10.1. The van der Waals surface area contributed by atoms with E-state index in [1.54, 1.807) is 14.2 Å². The van der Waals surface area contributed by atoms with Gasteiger partial charge in [-0.25, -0.2) is 4.99 Å². The van der Waals surface area contributed by atoms with Crippen molar-refractivity contribution < 1.29 is 18.9 Å². The smallest absolute Gasteiger partial charge is 0.194 e. The second-order valence-electron chi connectivity index (χ2n) is 7.83. The molecule has 7 heteroatoms. The Morgan fingerprint density at radius 2 is 2.00 bits per heavy atom. The highest BCUT2D eigenvalue weighted by atomic mass is 16.5. The van der Waals surface area contributed by atoms with Gasteiger partial charge in [-0.15, -0.1) is 0 Å². The van der Waals surface area contributed by atoms with Crippen LogP contribution in [0.3, 0.4) is 0 Å². The summed E-state index contributed by atoms with van der Waals surface area (Å²) in [6.07, 6.45) is 6.20. The van der Waals surface area contributed by atoms with E-state index in [1.807, 2.05) is 18.2 Å². The molecule has 0 radical (unpaired) electrons. The highest BCUT2D eigenvalue weighted by Gasteiger charge is 2.24. The van der Waals surface area contributed by atoms with E-state index in [0.29, 0.717) is 12.6 Å². The predicted octanol–water partition coefficient (Wildman–Crippen LogP) is 3.22. The number of hydrogen-bond acceptors (Lipinski definition) is 5. The number of aliphatic imine (C=N–C) groups is 1. The minimum Gasteiger partial charge on any atom is -0.493 e. The summed E-state index contributed by atoms with van der Waals surface area (Å²) >= 11 is 0. The minimum absolute atomic E-state index is 0.286. The molecule has 0 aromatic heterocycles. The summed E-state index contributed by atoms with van der Waals surface area (Å²) in [6, 6.07) is 5.90. The molecule has 0 amide bonds. The zero-order chi connectivity index (χ0) is 21.2. The predicted molar refractivity (Wildman–Crippen MR) is 118 cm³/mol. The number of ether oxygens (including phenoxy) is 4. The van der Waals surface area contributed by atoms with Gasteiger partial charge in [-0.3, -0.25) is 0 Å². The second-order valence-corrected chi connectivity index (χ2v) is 7.83. The van der Waals surface area contributed by atoms with E-state index in [2.05, 4.69) is 17.1 Å². The first kappa shape index (κ1) is 22.7. The van der Waals surface area contributed by atoms with Crippen molar-refractivity contribution in [2.24, 2.45) is 4.99 Å². The fourth-order valence-electron chi connectivity index (χ4n) is 4.08. The third-order valence-electron chi connectivity index (χ3n) is 5.75. The summed E-state index contributed by atoms with van der Waals surface area (Å²) in [5.74, 6) is 2.42. The standard InChI is InChI=1S/C23H37N3O4/c1-4-24-23(25-16-18-8-7-10-21(27-2)22(18)28-3)26-13-11-19(12-14-26)30-17-20-9-5-6-15-29-20/h7-8,10,19-20H,4-6,9,11-17H2,1-3H3,(H,24,25). The number of rotatable bonds is 8. The molecule has 0 spiro atoms. The summed E-state index contributed by atoms with van der Waals surface area (Å²) < 4.78 is 22.9. The van der Waals surface area contributed by atoms with Crippen molar-refractivity contribution in [3.05, 3.63) is 23.8 Å². The van der Waals surface area contributed by atoms with Crippen molar-refractivity contribution in [2.75, 3.05) is 47.1 Å². The van der Waals surface area contributed by atoms with E-state index in [1.165, 1.54) is 12.8 Å². The van der Waals surface area contributed by atoms with Gasteiger partial charge in [0.05, 0.1) is 39.6 Å². The molecule has 168 valence electrons. The Morgan fingerprint density at radius 1 is 1.17 bits per heavy atom. The van der Waals surface area contributed by atoms with Gasteiger partial charge < -0.3 is 29.2 Å². The molecule has 1 atom stereocenters. The van der Waals surface area contributed by atoms with Crippen molar-refractivity contribution in [2.45, 2.75) is 57.8 Å². The number of piperidine rings is 1. The topological polar surface area (TPSA) is 64.6 Å². The first-order valence-electron chi connectivity index (χ1n) is 11.2. The lowest BCUT2D eigenvalue weighted by Crippen LogP contribution is -2.47. The first-order chi connectivity index (χ1) is 14.7. The van der Waals surface area contributed by atoms with Gasteiger partial charge >= 0.3 is 0 Å². The van der Waals surface area contributed by atoms with Crippen LogP contribution in [0.25, 0.3) is 0 Å². The van der Waals surface area contributed by atoms with Gasteiger partial charge in [0.2, 0.25) is 0 Å². The Morgan fingerprint density at radius 3 is 2.67 bits per heavy atom. The van der Waals surface area contributed by atoms with Crippen molar-refractivity contribution in [1.29, 1.82) is 0 Å². The van der Waals surface area contributed by atoms with Gasteiger partial charge in [-0.05, 0) is 45.1 Å². The molecule has 1 aromatic carbocycles. The lowest BCUT2D eigenvalue weighted by Gasteiger charge is -2.35. The molecular formula is C23H37N3O4. The number of nitrogens with zero attached hydrogens (tertiary/aromatic N) is 2. The first-order valence-corrected chi connectivity index (χ1v) is 11.2. The molecule has 1 aromatic rings. The lowest BCUT2D eigenvalue weighted by molar-refractivity contribution is -0.0721. The summed E-state index contributed by atoms with van der Waals surface area (Å²) in [5, 5.41) is 3.43. The van der Waals surface area contributed by atoms with Crippen LogP contribution in [0.2, 0.25) is 0 Å². The number of hydrogen-bond donors (Lipinski definition) is 1. The van der Waals surface area contributed by atoms with Gasteiger partial charge in [0, 0.05) is 31.8 Å². The average Bonchev–Trinajstić information content (AvgIpc) is 2.81. The number of likely N-dealkylation sites (tertiary alicyclic amines) is 1. The maximum Gasteiger partial charge on any atom is 0.194 e. The molecule has 2 saturated heterocycles. The van der Waals surface area contributed by atoms with Crippen LogP contribution in [0.1, 0.15) is 44.6 Å². The monoisotopic (exact) mass is 419 g/mol. The fraction of sp³-hybridized carbons (Fsp3) is 0.696. The van der Waals surface area contributed by atoms with Gasteiger partial charge in [0.25, 0.3) is 0 Å². The van der Waals surface area contributed by atoms with Crippen LogP contribution in [-0.2, 0) is 16.0 Å². The molecule has 2 aliphatic heterocycles. The third-order valence-corrected chi connectivity index (χ3v) is 5.75. The Bertz CT molecular complexity index is 668. The van der Waals surface area contributed by atoms with Crippen LogP contribution >= 0.6 is 0 Å². The number of guanidine groups is 1. The molecule has 7 nitrogen and oxygen atoms in total. The molecule has 1 unspecified atom stereocenters. The van der Waals surface area contributed by atoms with Gasteiger partial charge in [-0.1, -0.05) is 12.1 Å². The molecule has 2 heterocycles.